The van der Waals surface area contributed by atoms with E-state index in [0.717, 1.165) is 0 Å². The third-order valence-electron chi connectivity index (χ3n) is 0.167. The molecular formula is C7H6BCoF4O3-. The van der Waals surface area contributed by atoms with Gasteiger partial charge in [0, 0.05) is 16.8 Å². The fourth-order valence-electron chi connectivity index (χ4n) is 0. The van der Waals surface area contributed by atoms with E-state index in [1.54, 1.807) is 12.2 Å². The van der Waals surface area contributed by atoms with E-state index in [9.17, 15) is 17.3 Å². The maximum absolute atomic E-state index is 9.75. The summed E-state index contributed by atoms with van der Waals surface area (Å²) in [6.07, 6.45) is 3.28. The second-order valence-electron chi connectivity index (χ2n) is 0.966. The van der Waals surface area contributed by atoms with Gasteiger partial charge in [-0.3, -0.25) is 0 Å². The summed E-state index contributed by atoms with van der Waals surface area (Å²) in [5.41, 5.74) is 0. The van der Waals surface area contributed by atoms with E-state index < -0.39 is 7.25 Å². The van der Waals surface area contributed by atoms with Gasteiger partial charge >= 0.3 is 41.2 Å². The quantitative estimate of drug-likeness (QED) is 0.233. The van der Waals surface area contributed by atoms with Crippen molar-refractivity contribution in [3.05, 3.63) is 45.3 Å². The maximum Gasteiger partial charge on any atom is 0 e. The Labute approximate surface area is 101 Å². The fourth-order valence-corrected chi connectivity index (χ4v) is 0. The van der Waals surface area contributed by atoms with Crippen molar-refractivity contribution in [1.82, 2.24) is 0 Å². The van der Waals surface area contributed by atoms with Crippen molar-refractivity contribution < 1.29 is 48.0 Å². The maximum atomic E-state index is 9.75. The Kier molecular flexibility index (Phi) is 110. The molecular weight excluding hydrogens is 278 g/mol. The molecule has 0 rings (SSSR count). The minimum absolute atomic E-state index is 0. The molecule has 0 amide bonds. The molecule has 0 aromatic heterocycles. The second-order valence-corrected chi connectivity index (χ2v) is 0.966. The molecule has 0 unspecified atom stereocenters. The predicted octanol–water partition coefficient (Wildman–Crippen LogP) is 2.54. The summed E-state index contributed by atoms with van der Waals surface area (Å²) in [5.74, 6) is 0. The van der Waals surface area contributed by atoms with Crippen LogP contribution in [0.25, 0.3) is 0 Å². The van der Waals surface area contributed by atoms with Crippen molar-refractivity contribution in [2.75, 3.05) is 0 Å². The molecule has 0 spiro atoms. The molecule has 0 heterocycles. The SMILES string of the molecule is C=CC=C.F[B-](F)(F)F.[C-]#[O+].[C-]#[O+].[C-]#[O+].[Co]. The number of halogens is 4. The average molecular weight is 284 g/mol. The van der Waals surface area contributed by atoms with Crippen molar-refractivity contribution in [2.45, 2.75) is 0 Å². The molecule has 9 heteroatoms. The molecule has 0 saturated carbocycles. The zero-order chi connectivity index (χ0) is 13.9. The Morgan fingerprint density at radius 2 is 0.812 bits per heavy atom. The van der Waals surface area contributed by atoms with Crippen LogP contribution in [0.5, 0.6) is 0 Å². The first-order valence-electron chi connectivity index (χ1n) is 2.64. The van der Waals surface area contributed by atoms with E-state index in [2.05, 4.69) is 33.1 Å². The Morgan fingerprint density at radius 3 is 0.812 bits per heavy atom. The molecule has 0 aromatic rings. The molecule has 0 aromatic carbocycles. The third kappa shape index (κ3) is 25400000. The molecule has 0 aliphatic rings. The normalized spacial score (nSPS) is 5.38. The minimum atomic E-state index is -6.00. The van der Waals surface area contributed by atoms with Crippen LogP contribution < -0.4 is 0 Å². The molecule has 3 nitrogen and oxygen atoms in total. The first-order valence-corrected chi connectivity index (χ1v) is 2.64. The minimum Gasteiger partial charge on any atom is 0 e. The molecule has 0 atom stereocenters. The summed E-state index contributed by atoms with van der Waals surface area (Å²) in [7, 11) is -6.00. The standard InChI is InChI=1S/C4H6.3CO.BF4.Co/c1-3-4-2;3*1-2;2-1(3,4)5;/h3-4H,1-2H2;;;;;/q;;;;-1;. The first-order chi connectivity index (χ1) is 6.91. The van der Waals surface area contributed by atoms with E-state index in [-0.39, 0.29) is 16.8 Å². The zero-order valence-electron chi connectivity index (χ0n) is 7.72. The summed E-state index contributed by atoms with van der Waals surface area (Å²) in [4.78, 5) is 0. The van der Waals surface area contributed by atoms with Crippen LogP contribution in [0.4, 0.5) is 17.3 Å². The Hall–Kier alpha value is -1.01. The molecule has 0 saturated heterocycles. The van der Waals surface area contributed by atoms with Gasteiger partial charge in [-0.2, -0.15) is 0 Å². The molecule has 0 fully saturated rings. The van der Waals surface area contributed by atoms with Crippen molar-refractivity contribution in [1.29, 1.82) is 0 Å². The Balaban J connectivity index is -0.0000000207. The van der Waals surface area contributed by atoms with E-state index in [1.807, 2.05) is 0 Å². The van der Waals surface area contributed by atoms with E-state index in [1.165, 1.54) is 0 Å². The summed E-state index contributed by atoms with van der Waals surface area (Å²) < 4.78 is 61.5. The van der Waals surface area contributed by atoms with Gasteiger partial charge in [0.25, 0.3) is 0 Å². The number of hydrogen-bond acceptors (Lipinski definition) is 0. The summed E-state index contributed by atoms with van der Waals surface area (Å²) >= 11 is 0. The zero-order valence-corrected chi connectivity index (χ0v) is 8.76. The van der Waals surface area contributed by atoms with Crippen LogP contribution in [0.2, 0.25) is 0 Å². The van der Waals surface area contributed by atoms with Crippen LogP contribution in [0.15, 0.2) is 25.3 Å². The summed E-state index contributed by atoms with van der Waals surface area (Å²) in [6, 6.07) is 0. The van der Waals surface area contributed by atoms with Gasteiger partial charge in [0.15, 0.2) is 0 Å². The van der Waals surface area contributed by atoms with Crippen LogP contribution in [0.1, 0.15) is 0 Å². The van der Waals surface area contributed by atoms with E-state index in [0.29, 0.717) is 0 Å². The monoisotopic (exact) mass is 284 g/mol. The Bertz CT molecular complexity index is 162. The molecule has 0 aliphatic carbocycles. The van der Waals surface area contributed by atoms with E-state index >= 15 is 0 Å². The van der Waals surface area contributed by atoms with Crippen LogP contribution >= 0.6 is 0 Å². The predicted molar refractivity (Wildman–Crippen MR) is 42.4 cm³/mol. The number of rotatable bonds is 1. The number of allylic oxidation sites excluding steroid dienone is 2. The number of hydrogen-bond donors (Lipinski definition) is 0. The topological polar surface area (TPSA) is 59.7 Å². The largest absolute Gasteiger partial charge is 0 e. The van der Waals surface area contributed by atoms with Crippen molar-refractivity contribution in [3.8, 4) is 0 Å². The van der Waals surface area contributed by atoms with Gasteiger partial charge < -0.3 is 17.3 Å². The van der Waals surface area contributed by atoms with Gasteiger partial charge in [-0.1, -0.05) is 25.3 Å². The summed E-state index contributed by atoms with van der Waals surface area (Å²) in [6.45, 7) is 20.2. The van der Waals surface area contributed by atoms with Crippen LogP contribution in [0, 0.1) is 20.0 Å². The van der Waals surface area contributed by atoms with Gasteiger partial charge in [0.1, 0.15) is 0 Å². The summed E-state index contributed by atoms with van der Waals surface area (Å²) in [5, 5.41) is 0. The second kappa shape index (κ2) is 48.3. The molecule has 1 radical (unpaired) electrons. The molecule has 93 valence electrons. The molecule has 16 heavy (non-hydrogen) atoms. The van der Waals surface area contributed by atoms with Gasteiger partial charge in [-0.05, 0) is 0 Å². The fraction of sp³-hybridized carbons (Fsp3) is 0. The van der Waals surface area contributed by atoms with Gasteiger partial charge in [-0.25, -0.2) is 0 Å². The molecule has 0 N–H and O–H groups in total. The Morgan fingerprint density at radius 1 is 0.750 bits per heavy atom. The van der Waals surface area contributed by atoms with E-state index in [4.69, 9.17) is 14.0 Å². The molecule has 0 bridgehead atoms. The van der Waals surface area contributed by atoms with Crippen LogP contribution in [-0.2, 0) is 30.7 Å². The van der Waals surface area contributed by atoms with Gasteiger partial charge in [0.2, 0.25) is 0 Å². The first kappa shape index (κ1) is 36.3. The molecule has 0 aliphatic heterocycles. The van der Waals surface area contributed by atoms with Crippen molar-refractivity contribution >= 4 is 7.25 Å². The van der Waals surface area contributed by atoms with Crippen LogP contribution in [-0.4, -0.2) is 7.25 Å². The third-order valence-corrected chi connectivity index (χ3v) is 0.167. The smallest absolute Gasteiger partial charge is 0 e. The average Bonchev–Trinajstić information content (AvgIpc) is 2.24. The van der Waals surface area contributed by atoms with Crippen molar-refractivity contribution in [2.24, 2.45) is 0 Å². The van der Waals surface area contributed by atoms with Crippen LogP contribution in [0.3, 0.4) is 0 Å². The van der Waals surface area contributed by atoms with Gasteiger partial charge in [0.05, 0.1) is 0 Å². The van der Waals surface area contributed by atoms with Gasteiger partial charge in [-0.15, -0.1) is 0 Å². The van der Waals surface area contributed by atoms with Crippen molar-refractivity contribution in [3.63, 3.8) is 0 Å².